The summed E-state index contributed by atoms with van der Waals surface area (Å²) in [5.41, 5.74) is 1.84. The molecular formula is C28H28BrNO6. The first-order chi connectivity index (χ1) is 17.1. The Hall–Kier alpha value is -3.65. The van der Waals surface area contributed by atoms with Crippen LogP contribution in [0.5, 0.6) is 5.75 Å². The number of esters is 2. The Morgan fingerprint density at radius 2 is 1.33 bits per heavy atom. The summed E-state index contributed by atoms with van der Waals surface area (Å²) in [6, 6.07) is 18.8. The van der Waals surface area contributed by atoms with Crippen LogP contribution >= 0.6 is 15.9 Å². The van der Waals surface area contributed by atoms with Gasteiger partial charge in [-0.25, -0.2) is 9.59 Å². The number of hydrogen-bond acceptors (Lipinski definition) is 6. The van der Waals surface area contributed by atoms with Crippen molar-refractivity contribution in [3.63, 3.8) is 0 Å². The molecule has 3 rings (SSSR count). The summed E-state index contributed by atoms with van der Waals surface area (Å²) < 4.78 is 17.2. The van der Waals surface area contributed by atoms with E-state index in [0.717, 1.165) is 15.8 Å². The molecular weight excluding hydrogens is 526 g/mol. The Labute approximate surface area is 218 Å². The van der Waals surface area contributed by atoms with Gasteiger partial charge in [0.15, 0.2) is 0 Å². The van der Waals surface area contributed by atoms with E-state index in [-0.39, 0.29) is 29.0 Å². The van der Waals surface area contributed by atoms with Crippen LogP contribution in [0.1, 0.15) is 64.3 Å². The smallest absolute Gasteiger partial charge is 0.338 e. The second-order valence-electron chi connectivity index (χ2n) is 8.58. The van der Waals surface area contributed by atoms with Crippen LogP contribution in [0.25, 0.3) is 0 Å². The molecule has 0 fully saturated rings. The third-order valence-corrected chi connectivity index (χ3v) is 5.45. The van der Waals surface area contributed by atoms with Crippen molar-refractivity contribution in [3.8, 4) is 5.75 Å². The number of nitrogens with one attached hydrogen (secondary N) is 1. The third kappa shape index (κ3) is 7.68. The molecule has 0 saturated carbocycles. The lowest BCUT2D eigenvalue weighted by molar-refractivity contribution is 0.0377. The van der Waals surface area contributed by atoms with Crippen LogP contribution in [-0.4, -0.2) is 30.1 Å². The number of anilines is 1. The highest BCUT2D eigenvalue weighted by Gasteiger charge is 2.18. The van der Waals surface area contributed by atoms with Crippen LogP contribution in [-0.2, 0) is 16.1 Å². The van der Waals surface area contributed by atoms with Crippen LogP contribution in [0.4, 0.5) is 5.69 Å². The minimum Gasteiger partial charge on any atom is -0.488 e. The molecule has 1 N–H and O–H groups in total. The number of carbonyl (C=O) groups excluding carboxylic acids is 3. The SMILES string of the molecule is CC(C)OC(=O)c1cc(NC(=O)c2ccc(COc3ccccc3Br)cc2)cc(C(=O)OC(C)C)c1. The molecule has 0 aliphatic rings. The molecule has 0 saturated heterocycles. The number of hydrogen-bond donors (Lipinski definition) is 1. The van der Waals surface area contributed by atoms with E-state index >= 15 is 0 Å². The molecule has 7 nitrogen and oxygen atoms in total. The van der Waals surface area contributed by atoms with Gasteiger partial charge in [-0.15, -0.1) is 0 Å². The molecule has 1 amide bonds. The first kappa shape index (κ1) is 26.9. The first-order valence-electron chi connectivity index (χ1n) is 11.5. The number of rotatable bonds is 9. The van der Waals surface area contributed by atoms with E-state index in [2.05, 4.69) is 21.2 Å². The second-order valence-corrected chi connectivity index (χ2v) is 9.43. The number of ether oxygens (including phenoxy) is 3. The van der Waals surface area contributed by atoms with Gasteiger partial charge in [-0.3, -0.25) is 4.79 Å². The lowest BCUT2D eigenvalue weighted by Crippen LogP contribution is -2.17. The summed E-state index contributed by atoms with van der Waals surface area (Å²) in [6.45, 7) is 7.25. The van der Waals surface area contributed by atoms with Crippen LogP contribution in [0, 0.1) is 0 Å². The maximum absolute atomic E-state index is 12.9. The average Bonchev–Trinajstić information content (AvgIpc) is 2.83. The van der Waals surface area contributed by atoms with E-state index in [4.69, 9.17) is 14.2 Å². The molecule has 0 aliphatic carbocycles. The fourth-order valence-electron chi connectivity index (χ4n) is 3.18. The van der Waals surface area contributed by atoms with E-state index in [0.29, 0.717) is 12.2 Å². The fraction of sp³-hybridized carbons (Fsp3) is 0.250. The third-order valence-electron chi connectivity index (χ3n) is 4.79. The summed E-state index contributed by atoms with van der Waals surface area (Å²) in [5.74, 6) is -0.879. The normalized spacial score (nSPS) is 10.8. The van der Waals surface area contributed by atoms with Crippen molar-refractivity contribution in [3.05, 3.63) is 93.5 Å². The standard InChI is InChI=1S/C28H28BrNO6/c1-17(2)35-27(32)21-13-22(28(33)36-18(3)4)15-23(14-21)30-26(31)20-11-9-19(10-12-20)16-34-25-8-6-5-7-24(25)29/h5-15,17-18H,16H2,1-4H3,(H,30,31). The van der Waals surface area contributed by atoms with Crippen LogP contribution in [0.3, 0.4) is 0 Å². The predicted molar refractivity (Wildman–Crippen MR) is 140 cm³/mol. The Bertz CT molecular complexity index is 1200. The summed E-state index contributed by atoms with van der Waals surface area (Å²) in [7, 11) is 0. The van der Waals surface area contributed by atoms with Crippen molar-refractivity contribution in [1.29, 1.82) is 0 Å². The van der Waals surface area contributed by atoms with Crippen molar-refractivity contribution >= 4 is 39.5 Å². The lowest BCUT2D eigenvalue weighted by atomic mass is 10.1. The van der Waals surface area contributed by atoms with E-state index in [1.54, 1.807) is 52.0 Å². The van der Waals surface area contributed by atoms with Gasteiger partial charge < -0.3 is 19.5 Å². The Morgan fingerprint density at radius 1 is 0.778 bits per heavy atom. The molecule has 0 aliphatic heterocycles. The Balaban J connectivity index is 1.75. The summed E-state index contributed by atoms with van der Waals surface area (Å²) in [6.07, 6.45) is -0.681. The van der Waals surface area contributed by atoms with Gasteiger partial charge in [0.05, 0.1) is 27.8 Å². The van der Waals surface area contributed by atoms with Gasteiger partial charge >= 0.3 is 11.9 Å². The van der Waals surface area contributed by atoms with Gasteiger partial charge in [0.25, 0.3) is 5.91 Å². The zero-order chi connectivity index (χ0) is 26.2. The average molecular weight is 554 g/mol. The largest absolute Gasteiger partial charge is 0.488 e. The number of carbonyl (C=O) groups is 3. The second kappa shape index (κ2) is 12.4. The minimum absolute atomic E-state index is 0.136. The zero-order valence-electron chi connectivity index (χ0n) is 20.5. The summed E-state index contributed by atoms with van der Waals surface area (Å²) in [5, 5.41) is 2.75. The molecule has 3 aromatic carbocycles. The molecule has 0 heterocycles. The van der Waals surface area contributed by atoms with Crippen molar-refractivity contribution in [2.45, 2.75) is 46.5 Å². The molecule has 0 bridgehead atoms. The van der Waals surface area contributed by atoms with Crippen molar-refractivity contribution in [1.82, 2.24) is 0 Å². The van der Waals surface area contributed by atoms with Gasteiger partial charge in [-0.05, 0) is 91.7 Å². The molecule has 0 radical (unpaired) electrons. The fourth-order valence-corrected chi connectivity index (χ4v) is 3.58. The predicted octanol–water partition coefficient (Wildman–Crippen LogP) is 6.41. The highest BCUT2D eigenvalue weighted by atomic mass is 79.9. The van der Waals surface area contributed by atoms with E-state index < -0.39 is 17.8 Å². The topological polar surface area (TPSA) is 90.9 Å². The monoisotopic (exact) mass is 553 g/mol. The van der Waals surface area contributed by atoms with Crippen LogP contribution in [0.2, 0.25) is 0 Å². The lowest BCUT2D eigenvalue weighted by Gasteiger charge is -2.13. The Morgan fingerprint density at radius 3 is 1.86 bits per heavy atom. The maximum Gasteiger partial charge on any atom is 0.338 e. The number of amides is 1. The minimum atomic E-state index is -0.603. The zero-order valence-corrected chi connectivity index (χ0v) is 22.1. The van der Waals surface area contributed by atoms with Crippen molar-refractivity contribution in [2.24, 2.45) is 0 Å². The van der Waals surface area contributed by atoms with Crippen LogP contribution < -0.4 is 10.1 Å². The quantitative estimate of drug-likeness (QED) is 0.308. The maximum atomic E-state index is 12.9. The van der Waals surface area contributed by atoms with E-state index in [9.17, 15) is 14.4 Å². The van der Waals surface area contributed by atoms with Crippen LogP contribution in [0.15, 0.2) is 71.2 Å². The Kier molecular flexibility index (Phi) is 9.25. The van der Waals surface area contributed by atoms with Crippen molar-refractivity contribution in [2.75, 3.05) is 5.32 Å². The van der Waals surface area contributed by atoms with Gasteiger partial charge in [-0.1, -0.05) is 24.3 Å². The summed E-state index contributed by atoms with van der Waals surface area (Å²) >= 11 is 3.45. The first-order valence-corrected chi connectivity index (χ1v) is 12.3. The number of para-hydroxylation sites is 1. The van der Waals surface area contributed by atoms with Gasteiger partial charge in [0.2, 0.25) is 0 Å². The van der Waals surface area contributed by atoms with E-state index in [1.807, 2.05) is 24.3 Å². The molecule has 0 atom stereocenters. The molecule has 0 aromatic heterocycles. The molecule has 3 aromatic rings. The number of benzene rings is 3. The number of halogens is 1. The van der Waals surface area contributed by atoms with Gasteiger partial charge in [0, 0.05) is 11.3 Å². The highest BCUT2D eigenvalue weighted by Crippen LogP contribution is 2.25. The van der Waals surface area contributed by atoms with Gasteiger partial charge in [0.1, 0.15) is 12.4 Å². The summed E-state index contributed by atoms with van der Waals surface area (Å²) in [4.78, 5) is 37.8. The molecule has 8 heteroatoms. The van der Waals surface area contributed by atoms with Gasteiger partial charge in [-0.2, -0.15) is 0 Å². The molecule has 188 valence electrons. The molecule has 0 spiro atoms. The van der Waals surface area contributed by atoms with Crippen molar-refractivity contribution < 1.29 is 28.6 Å². The highest BCUT2D eigenvalue weighted by molar-refractivity contribution is 9.10. The molecule has 36 heavy (non-hydrogen) atoms. The van der Waals surface area contributed by atoms with E-state index in [1.165, 1.54) is 18.2 Å². The molecule has 0 unspecified atom stereocenters.